The molecule has 1 atom stereocenters. The minimum atomic E-state index is -0.653. The highest BCUT2D eigenvalue weighted by atomic mass is 35.5. The first kappa shape index (κ1) is 14.5. The molecule has 2 nitrogen and oxygen atoms in total. The van der Waals surface area contributed by atoms with Gasteiger partial charge in [0.1, 0.15) is 5.82 Å². The number of likely N-dealkylation sites (tertiary alicyclic amines) is 1. The Balaban J connectivity index is 2.04. The number of hydrogen-bond donors (Lipinski definition) is 1. The molecule has 0 bridgehead atoms. The molecule has 1 unspecified atom stereocenters. The second kappa shape index (κ2) is 6.06. The Morgan fingerprint density at radius 1 is 1.32 bits per heavy atom. The average molecular weight is 289 g/mol. The van der Waals surface area contributed by atoms with Crippen LogP contribution in [0.4, 0.5) is 14.5 Å². The highest BCUT2D eigenvalue weighted by Gasteiger charge is 2.23. The van der Waals surface area contributed by atoms with E-state index >= 15 is 0 Å². The van der Waals surface area contributed by atoms with Crippen LogP contribution in [-0.4, -0.2) is 31.1 Å². The number of halogens is 3. The Morgan fingerprint density at radius 2 is 1.95 bits per heavy atom. The van der Waals surface area contributed by atoms with Crippen molar-refractivity contribution in [2.24, 2.45) is 5.92 Å². The summed E-state index contributed by atoms with van der Waals surface area (Å²) < 4.78 is 26.7. The van der Waals surface area contributed by atoms with Gasteiger partial charge in [-0.05, 0) is 51.9 Å². The van der Waals surface area contributed by atoms with E-state index in [1.165, 1.54) is 0 Å². The van der Waals surface area contributed by atoms with Crippen LogP contribution in [0.2, 0.25) is 5.02 Å². The molecule has 19 heavy (non-hydrogen) atoms. The topological polar surface area (TPSA) is 15.3 Å². The largest absolute Gasteiger partial charge is 0.379 e. The lowest BCUT2D eigenvalue weighted by atomic mass is 9.90. The highest BCUT2D eigenvalue weighted by molar-refractivity contribution is 6.33. The maximum Gasteiger partial charge on any atom is 0.150 e. The third kappa shape index (κ3) is 3.57. The lowest BCUT2D eigenvalue weighted by Gasteiger charge is -2.33. The van der Waals surface area contributed by atoms with Crippen LogP contribution in [0.1, 0.15) is 19.8 Å². The van der Waals surface area contributed by atoms with Crippen LogP contribution in [0.5, 0.6) is 0 Å². The lowest BCUT2D eigenvalue weighted by Crippen LogP contribution is -2.37. The van der Waals surface area contributed by atoms with Gasteiger partial charge in [0, 0.05) is 12.1 Å². The number of benzene rings is 1. The molecule has 1 N–H and O–H groups in total. The molecule has 1 fully saturated rings. The van der Waals surface area contributed by atoms with Crippen molar-refractivity contribution in [3.8, 4) is 0 Å². The second-order valence-corrected chi connectivity index (χ2v) is 5.73. The summed E-state index contributed by atoms with van der Waals surface area (Å²) in [4.78, 5) is 2.29. The summed E-state index contributed by atoms with van der Waals surface area (Å²) in [5.41, 5.74) is 0.203. The third-order valence-corrected chi connectivity index (χ3v) is 4.15. The maximum atomic E-state index is 13.7. The predicted molar refractivity (Wildman–Crippen MR) is 74.7 cm³/mol. The quantitative estimate of drug-likeness (QED) is 0.911. The van der Waals surface area contributed by atoms with Crippen LogP contribution >= 0.6 is 11.6 Å². The van der Waals surface area contributed by atoms with Gasteiger partial charge in [0.05, 0.1) is 10.7 Å². The first-order chi connectivity index (χ1) is 8.97. The molecule has 1 aromatic carbocycles. The monoisotopic (exact) mass is 288 g/mol. The molecule has 1 saturated heterocycles. The van der Waals surface area contributed by atoms with Crippen molar-refractivity contribution >= 4 is 17.3 Å². The van der Waals surface area contributed by atoms with Crippen LogP contribution in [0, 0.1) is 17.6 Å². The smallest absolute Gasteiger partial charge is 0.150 e. The van der Waals surface area contributed by atoms with Gasteiger partial charge in [0.15, 0.2) is 5.82 Å². The van der Waals surface area contributed by atoms with Crippen LogP contribution in [0.25, 0.3) is 0 Å². The summed E-state index contributed by atoms with van der Waals surface area (Å²) in [5, 5.41) is 3.19. The number of rotatable bonds is 3. The van der Waals surface area contributed by atoms with Crippen molar-refractivity contribution < 1.29 is 8.78 Å². The molecule has 2 rings (SSSR count). The standard InChI is InChI=1S/C14H19ClF2N2/c1-9(10-3-5-19(2)6-4-10)18-14-12(15)7-11(16)8-13(14)17/h7-10,18H,3-6H2,1-2H3. The molecule has 1 aliphatic rings. The summed E-state index contributed by atoms with van der Waals surface area (Å²) in [6, 6.07) is 2.11. The van der Waals surface area contributed by atoms with E-state index in [4.69, 9.17) is 11.6 Å². The van der Waals surface area contributed by atoms with E-state index in [0.717, 1.165) is 38.1 Å². The third-order valence-electron chi connectivity index (χ3n) is 3.85. The van der Waals surface area contributed by atoms with Gasteiger partial charge >= 0.3 is 0 Å². The normalized spacial score (nSPS) is 19.4. The Morgan fingerprint density at radius 3 is 2.53 bits per heavy atom. The molecule has 106 valence electrons. The van der Waals surface area contributed by atoms with E-state index in [9.17, 15) is 8.78 Å². The average Bonchev–Trinajstić information content (AvgIpc) is 2.34. The fraction of sp³-hybridized carbons (Fsp3) is 0.571. The second-order valence-electron chi connectivity index (χ2n) is 5.32. The van der Waals surface area contributed by atoms with Gasteiger partial charge in [-0.25, -0.2) is 8.78 Å². The highest BCUT2D eigenvalue weighted by Crippen LogP contribution is 2.29. The van der Waals surface area contributed by atoms with E-state index in [2.05, 4.69) is 17.3 Å². The van der Waals surface area contributed by atoms with E-state index in [1.54, 1.807) is 0 Å². The molecule has 0 radical (unpaired) electrons. The first-order valence-electron chi connectivity index (χ1n) is 6.57. The van der Waals surface area contributed by atoms with E-state index in [1.807, 2.05) is 6.92 Å². The molecule has 0 aliphatic carbocycles. The Kier molecular flexibility index (Phi) is 4.63. The molecular formula is C14H19ClF2N2. The summed E-state index contributed by atoms with van der Waals surface area (Å²) in [6.07, 6.45) is 2.15. The molecule has 0 saturated carbocycles. The van der Waals surface area contributed by atoms with Gasteiger partial charge in [-0.1, -0.05) is 11.6 Å². The van der Waals surface area contributed by atoms with Gasteiger partial charge in [-0.2, -0.15) is 0 Å². The van der Waals surface area contributed by atoms with Gasteiger partial charge in [-0.3, -0.25) is 0 Å². The van der Waals surface area contributed by atoms with Gasteiger partial charge < -0.3 is 10.2 Å². The molecular weight excluding hydrogens is 270 g/mol. The molecule has 0 amide bonds. The van der Waals surface area contributed by atoms with Crippen LogP contribution in [-0.2, 0) is 0 Å². The zero-order valence-corrected chi connectivity index (χ0v) is 12.0. The van der Waals surface area contributed by atoms with Crippen molar-refractivity contribution in [1.29, 1.82) is 0 Å². The van der Waals surface area contributed by atoms with Gasteiger partial charge in [-0.15, -0.1) is 0 Å². The van der Waals surface area contributed by atoms with Gasteiger partial charge in [0.2, 0.25) is 0 Å². The number of anilines is 1. The maximum absolute atomic E-state index is 13.7. The minimum absolute atomic E-state index is 0.0947. The van der Waals surface area contributed by atoms with E-state index in [-0.39, 0.29) is 16.8 Å². The first-order valence-corrected chi connectivity index (χ1v) is 6.95. The molecule has 1 aromatic rings. The number of piperidine rings is 1. The Hall–Kier alpha value is -0.870. The zero-order chi connectivity index (χ0) is 14.0. The van der Waals surface area contributed by atoms with E-state index in [0.29, 0.717) is 5.92 Å². The molecule has 1 heterocycles. The Bertz CT molecular complexity index is 422. The summed E-state index contributed by atoms with van der Waals surface area (Å²) in [7, 11) is 2.10. The number of nitrogens with zero attached hydrogens (tertiary/aromatic N) is 1. The molecule has 0 spiro atoms. The van der Waals surface area contributed by atoms with Crippen molar-refractivity contribution in [1.82, 2.24) is 4.90 Å². The fourth-order valence-corrected chi connectivity index (χ4v) is 2.80. The SMILES string of the molecule is CC(Nc1c(F)cc(F)cc1Cl)C1CCN(C)CC1. The predicted octanol–water partition coefficient (Wildman–Crippen LogP) is 3.76. The molecule has 1 aliphatic heterocycles. The van der Waals surface area contributed by atoms with E-state index < -0.39 is 11.6 Å². The van der Waals surface area contributed by atoms with Crippen molar-refractivity contribution in [2.45, 2.75) is 25.8 Å². The summed E-state index contributed by atoms with van der Waals surface area (Å²) in [6.45, 7) is 4.13. The van der Waals surface area contributed by atoms with Crippen LogP contribution < -0.4 is 5.32 Å². The fourth-order valence-electron chi connectivity index (χ4n) is 2.55. The van der Waals surface area contributed by atoms with Crippen LogP contribution in [0.3, 0.4) is 0 Å². The van der Waals surface area contributed by atoms with Gasteiger partial charge in [0.25, 0.3) is 0 Å². The van der Waals surface area contributed by atoms with Crippen LogP contribution in [0.15, 0.2) is 12.1 Å². The lowest BCUT2D eigenvalue weighted by molar-refractivity contribution is 0.208. The molecule has 0 aromatic heterocycles. The molecule has 5 heteroatoms. The van der Waals surface area contributed by atoms with Crippen molar-refractivity contribution in [3.05, 3.63) is 28.8 Å². The van der Waals surface area contributed by atoms with Crippen molar-refractivity contribution in [2.75, 3.05) is 25.5 Å². The zero-order valence-electron chi connectivity index (χ0n) is 11.2. The number of nitrogens with one attached hydrogen (secondary N) is 1. The Labute approximate surface area is 117 Å². The number of hydrogen-bond acceptors (Lipinski definition) is 2. The van der Waals surface area contributed by atoms with Crippen molar-refractivity contribution in [3.63, 3.8) is 0 Å². The minimum Gasteiger partial charge on any atom is -0.379 e. The summed E-state index contributed by atoms with van der Waals surface area (Å²) >= 11 is 5.89. The summed E-state index contributed by atoms with van der Waals surface area (Å²) in [5.74, 6) is -0.804.